The maximum absolute atomic E-state index is 12.7. The van der Waals surface area contributed by atoms with Crippen molar-refractivity contribution in [2.75, 3.05) is 11.9 Å². The molecule has 2 heterocycles. The molecule has 1 aliphatic rings. The van der Waals surface area contributed by atoms with E-state index in [4.69, 9.17) is 4.74 Å². The lowest BCUT2D eigenvalue weighted by Crippen LogP contribution is -2.36. The molecule has 0 saturated carbocycles. The van der Waals surface area contributed by atoms with Crippen LogP contribution in [0.2, 0.25) is 0 Å². The quantitative estimate of drug-likeness (QED) is 0.680. The van der Waals surface area contributed by atoms with Gasteiger partial charge in [-0.1, -0.05) is 6.07 Å². The van der Waals surface area contributed by atoms with Crippen LogP contribution in [0.4, 0.5) is 10.7 Å². The Morgan fingerprint density at radius 1 is 1.18 bits per heavy atom. The molecule has 1 saturated heterocycles. The highest BCUT2D eigenvalue weighted by Gasteiger charge is 2.28. The molecular weight excluding hydrogens is 388 g/mol. The summed E-state index contributed by atoms with van der Waals surface area (Å²) in [6, 6.07) is 4.46. The predicted octanol–water partition coefficient (Wildman–Crippen LogP) is 1.76. The van der Waals surface area contributed by atoms with Gasteiger partial charge in [-0.15, -0.1) is 0 Å². The number of aromatic carboxylic acids is 1. The third-order valence-corrected chi connectivity index (χ3v) is 5.40. The number of hydrogen-bond acceptors (Lipinski definition) is 7. The van der Waals surface area contributed by atoms with Gasteiger partial charge >= 0.3 is 12.0 Å². The molecule has 0 radical (unpaired) electrons. The van der Waals surface area contributed by atoms with Crippen molar-refractivity contribution >= 4 is 28.0 Å². The molecule has 1 aliphatic heterocycles. The lowest BCUT2D eigenvalue weighted by Gasteiger charge is -2.27. The van der Waals surface area contributed by atoms with Crippen molar-refractivity contribution in [1.82, 2.24) is 14.7 Å². The molecule has 3 N–H and O–H groups in total. The van der Waals surface area contributed by atoms with Gasteiger partial charge in [-0.25, -0.2) is 32.7 Å². The first-order valence-corrected chi connectivity index (χ1v) is 9.79. The van der Waals surface area contributed by atoms with Gasteiger partial charge in [0.15, 0.2) is 0 Å². The number of carbonyl (C=O) groups is 2. The van der Waals surface area contributed by atoms with Crippen LogP contribution in [0.1, 0.15) is 39.8 Å². The fourth-order valence-corrected chi connectivity index (χ4v) is 3.86. The number of rotatable bonds is 5. The average molecular weight is 406 g/mol. The molecule has 1 fully saturated rings. The fraction of sp³-hybridized carbons (Fsp3) is 0.294. The summed E-state index contributed by atoms with van der Waals surface area (Å²) in [5.74, 6) is -1.50. The molecule has 1 aromatic heterocycles. The highest BCUT2D eigenvalue weighted by atomic mass is 32.2. The Kier molecular flexibility index (Phi) is 5.29. The number of sulfonamides is 1. The zero-order chi connectivity index (χ0) is 20.5. The van der Waals surface area contributed by atoms with Gasteiger partial charge in [0.1, 0.15) is 4.90 Å². The number of benzene rings is 1. The molecule has 0 aliphatic carbocycles. The second-order valence-electron chi connectivity index (χ2n) is 6.24. The summed E-state index contributed by atoms with van der Waals surface area (Å²) in [6.07, 6.45) is 0.401. The maximum atomic E-state index is 12.7. The molecule has 3 rings (SSSR count). The summed E-state index contributed by atoms with van der Waals surface area (Å²) in [4.78, 5) is 31.0. The Morgan fingerprint density at radius 3 is 2.36 bits per heavy atom. The monoisotopic (exact) mass is 406 g/mol. The first-order chi connectivity index (χ1) is 13.2. The van der Waals surface area contributed by atoms with E-state index in [-0.39, 0.29) is 12.1 Å². The van der Waals surface area contributed by atoms with E-state index in [0.717, 1.165) is 0 Å². The highest BCUT2D eigenvalue weighted by Crippen LogP contribution is 2.31. The topological polar surface area (TPSA) is 148 Å². The van der Waals surface area contributed by atoms with Gasteiger partial charge in [-0.05, 0) is 37.6 Å². The number of aryl methyl sites for hydroxylation is 2. The van der Waals surface area contributed by atoms with Gasteiger partial charge in [0.25, 0.3) is 10.0 Å². The molecule has 2 amide bonds. The fourth-order valence-electron chi connectivity index (χ4n) is 2.72. The molecule has 0 bridgehead atoms. The third kappa shape index (κ3) is 4.26. The van der Waals surface area contributed by atoms with E-state index in [1.807, 2.05) is 0 Å². The van der Waals surface area contributed by atoms with E-state index in [1.165, 1.54) is 18.2 Å². The minimum atomic E-state index is -4.47. The highest BCUT2D eigenvalue weighted by molar-refractivity contribution is 7.90. The number of carboxylic acid groups (broad SMARTS) is 1. The van der Waals surface area contributed by atoms with Crippen molar-refractivity contribution in [2.24, 2.45) is 0 Å². The van der Waals surface area contributed by atoms with Crippen molar-refractivity contribution in [3.63, 3.8) is 0 Å². The van der Waals surface area contributed by atoms with Gasteiger partial charge in [-0.2, -0.15) is 0 Å². The predicted molar refractivity (Wildman–Crippen MR) is 97.6 cm³/mol. The summed E-state index contributed by atoms with van der Waals surface area (Å²) in [7, 11) is -4.47. The largest absolute Gasteiger partial charge is 0.478 e. The second-order valence-corrected chi connectivity index (χ2v) is 7.89. The lowest BCUT2D eigenvalue weighted by molar-refractivity contribution is -0.0528. The second kappa shape index (κ2) is 7.52. The van der Waals surface area contributed by atoms with Crippen LogP contribution in [0.15, 0.2) is 29.2 Å². The lowest BCUT2D eigenvalue weighted by atomic mass is 10.0. The minimum absolute atomic E-state index is 0.0692. The summed E-state index contributed by atoms with van der Waals surface area (Å²) in [5, 5.41) is 11.6. The average Bonchev–Trinajstić information content (AvgIpc) is 2.51. The smallest absolute Gasteiger partial charge is 0.337 e. The number of carbonyl (C=O) groups excluding carboxylic acids is 1. The Balaban J connectivity index is 1.86. The van der Waals surface area contributed by atoms with Crippen LogP contribution in [0.3, 0.4) is 0 Å². The van der Waals surface area contributed by atoms with Crippen molar-refractivity contribution < 1.29 is 27.9 Å². The minimum Gasteiger partial charge on any atom is -0.478 e. The zero-order valence-electron chi connectivity index (χ0n) is 15.1. The molecule has 10 nitrogen and oxygen atoms in total. The van der Waals surface area contributed by atoms with Gasteiger partial charge in [0, 0.05) is 17.8 Å². The van der Waals surface area contributed by atoms with E-state index in [2.05, 4.69) is 15.3 Å². The van der Waals surface area contributed by atoms with Gasteiger partial charge in [-0.3, -0.25) is 5.32 Å². The van der Waals surface area contributed by atoms with Gasteiger partial charge in [0.05, 0.1) is 18.3 Å². The number of hydrogen-bond donors (Lipinski definition) is 3. The molecule has 148 valence electrons. The molecule has 2 aromatic rings. The Bertz CT molecular complexity index is 1030. The summed E-state index contributed by atoms with van der Waals surface area (Å²) >= 11 is 0. The number of ether oxygens (including phenoxy) is 1. The first kappa shape index (κ1) is 19.7. The standard InChI is InChI=1S/C17H18N4O6S/c1-9-7-10(2)19-16(18-9)20-17(24)21-28(25,26)14-8-11(13-5-6-27-13)3-4-12(14)15(22)23/h3-4,7-8,13H,5-6H2,1-2H3,(H,22,23)(H2,18,19,20,21,24). The van der Waals surface area contributed by atoms with Crippen molar-refractivity contribution in [2.45, 2.75) is 31.3 Å². The van der Waals surface area contributed by atoms with Crippen LogP contribution in [0.25, 0.3) is 0 Å². The SMILES string of the molecule is Cc1cc(C)nc(NC(=O)NS(=O)(=O)c2cc(C3CCO3)ccc2C(=O)O)n1. The van der Waals surface area contributed by atoms with E-state index < -0.39 is 32.5 Å². The maximum Gasteiger partial charge on any atom is 0.337 e. The van der Waals surface area contributed by atoms with E-state index in [1.54, 1.807) is 24.6 Å². The molecule has 1 aromatic carbocycles. The number of amides is 2. The van der Waals surface area contributed by atoms with Crippen molar-refractivity contribution in [3.05, 3.63) is 46.8 Å². The van der Waals surface area contributed by atoms with Crippen molar-refractivity contribution in [3.8, 4) is 0 Å². The molecule has 11 heteroatoms. The Hall–Kier alpha value is -3.05. The van der Waals surface area contributed by atoms with Crippen molar-refractivity contribution in [1.29, 1.82) is 0 Å². The summed E-state index contributed by atoms with van der Waals surface area (Å²) < 4.78 is 32.4. The molecule has 1 unspecified atom stereocenters. The van der Waals surface area contributed by atoms with Gasteiger partial charge in [0.2, 0.25) is 5.95 Å². The number of carboxylic acids is 1. The van der Waals surface area contributed by atoms with Crippen LogP contribution in [0.5, 0.6) is 0 Å². The number of nitrogens with one attached hydrogen (secondary N) is 2. The van der Waals surface area contributed by atoms with Crippen LogP contribution >= 0.6 is 0 Å². The van der Waals surface area contributed by atoms with Crippen LogP contribution in [-0.2, 0) is 14.8 Å². The van der Waals surface area contributed by atoms with Gasteiger partial charge < -0.3 is 9.84 Å². The van der Waals surface area contributed by atoms with Crippen LogP contribution in [-0.4, -0.2) is 42.1 Å². The molecule has 0 spiro atoms. The molecule has 1 atom stereocenters. The first-order valence-electron chi connectivity index (χ1n) is 8.30. The van der Waals surface area contributed by atoms with E-state index in [9.17, 15) is 23.1 Å². The number of nitrogens with zero attached hydrogens (tertiary/aromatic N) is 2. The van der Waals surface area contributed by atoms with E-state index in [0.29, 0.717) is 30.0 Å². The number of anilines is 1. The molecular formula is C17H18N4O6S. The summed E-state index contributed by atoms with van der Waals surface area (Å²) in [5.41, 5.74) is 1.25. The Labute approximate surface area is 161 Å². The zero-order valence-corrected chi connectivity index (χ0v) is 15.9. The number of aromatic nitrogens is 2. The third-order valence-electron chi connectivity index (χ3n) is 4.03. The summed E-state index contributed by atoms with van der Waals surface area (Å²) in [6.45, 7) is 3.94. The normalized spacial score (nSPS) is 16.1. The number of urea groups is 1. The molecule has 28 heavy (non-hydrogen) atoms. The Morgan fingerprint density at radius 2 is 1.82 bits per heavy atom. The van der Waals surface area contributed by atoms with Crippen LogP contribution < -0.4 is 10.0 Å². The van der Waals surface area contributed by atoms with Crippen LogP contribution in [0, 0.1) is 13.8 Å². The van der Waals surface area contributed by atoms with E-state index >= 15 is 0 Å².